The molecule has 234 valence electrons. The van der Waals surface area contributed by atoms with Crippen LogP contribution in [0, 0.1) is 0 Å². The van der Waals surface area contributed by atoms with E-state index in [2.05, 4.69) is 59.2 Å². The SMILES string of the molecule is [2H]c1c([2H])c([2H])c(-c2ccc(-c3nc(-c4ccccc4)nc(-c4cccc5oc6cccc(-n7c8ccccc8c8ccccc87)c6c45)n3)cc2)c([2H])c1[2H]. The topological polar surface area (TPSA) is 56.7 Å². The van der Waals surface area contributed by atoms with E-state index in [-0.39, 0.29) is 29.7 Å². The van der Waals surface area contributed by atoms with Gasteiger partial charge >= 0.3 is 0 Å². The van der Waals surface area contributed by atoms with Gasteiger partial charge in [-0.05, 0) is 41.5 Å². The number of furan rings is 1. The highest BCUT2D eigenvalue weighted by atomic mass is 16.3. The maximum atomic E-state index is 8.47. The van der Waals surface area contributed by atoms with Gasteiger partial charge in [-0.2, -0.15) is 0 Å². The average molecular weight is 646 g/mol. The van der Waals surface area contributed by atoms with Gasteiger partial charge in [-0.1, -0.05) is 139 Å². The summed E-state index contributed by atoms with van der Waals surface area (Å²) in [6.07, 6.45) is 0. The van der Waals surface area contributed by atoms with Crippen molar-refractivity contribution in [1.82, 2.24) is 19.5 Å². The van der Waals surface area contributed by atoms with Crippen LogP contribution in [0.5, 0.6) is 0 Å². The molecule has 0 aliphatic carbocycles. The molecule has 3 aromatic heterocycles. The molecule has 0 aliphatic heterocycles. The van der Waals surface area contributed by atoms with Gasteiger partial charge in [-0.3, -0.25) is 0 Å². The van der Waals surface area contributed by atoms with E-state index in [9.17, 15) is 0 Å². The summed E-state index contributed by atoms with van der Waals surface area (Å²) < 4.78 is 50.1. The number of fused-ring (bicyclic) bond motifs is 6. The fourth-order valence-corrected chi connectivity index (χ4v) is 6.93. The van der Waals surface area contributed by atoms with Crippen molar-refractivity contribution in [2.75, 3.05) is 0 Å². The summed E-state index contributed by atoms with van der Waals surface area (Å²) in [6.45, 7) is 0. The molecule has 10 aromatic rings. The molecule has 0 unspecified atom stereocenters. The third-order valence-electron chi connectivity index (χ3n) is 9.16. The Labute approximate surface area is 294 Å². The third kappa shape index (κ3) is 4.52. The van der Waals surface area contributed by atoms with Crippen LogP contribution in [0.3, 0.4) is 0 Å². The Morgan fingerprint density at radius 1 is 0.440 bits per heavy atom. The summed E-state index contributed by atoms with van der Waals surface area (Å²) in [5.74, 6) is 1.37. The Morgan fingerprint density at radius 3 is 1.70 bits per heavy atom. The molecule has 5 heteroatoms. The van der Waals surface area contributed by atoms with E-state index in [0.717, 1.165) is 55.0 Å². The summed E-state index contributed by atoms with van der Waals surface area (Å²) in [7, 11) is 0. The zero-order valence-corrected chi connectivity index (χ0v) is 26.5. The number of aromatic nitrogens is 4. The number of para-hydroxylation sites is 2. The van der Waals surface area contributed by atoms with Crippen molar-refractivity contribution in [1.29, 1.82) is 0 Å². The van der Waals surface area contributed by atoms with Gasteiger partial charge in [0.15, 0.2) is 17.5 Å². The van der Waals surface area contributed by atoms with E-state index in [1.165, 1.54) is 0 Å². The van der Waals surface area contributed by atoms with E-state index in [0.29, 0.717) is 34.2 Å². The Balaban J connectivity index is 1.20. The summed E-state index contributed by atoms with van der Waals surface area (Å²) in [5, 5.41) is 4.14. The van der Waals surface area contributed by atoms with E-state index >= 15 is 0 Å². The fourth-order valence-electron chi connectivity index (χ4n) is 6.93. The molecule has 3 heterocycles. The van der Waals surface area contributed by atoms with Crippen molar-refractivity contribution >= 4 is 43.7 Å². The minimum atomic E-state index is -0.427. The minimum absolute atomic E-state index is 0.136. The first-order chi connectivity index (χ1) is 26.9. The highest BCUT2D eigenvalue weighted by Crippen LogP contribution is 2.42. The van der Waals surface area contributed by atoms with Gasteiger partial charge < -0.3 is 8.98 Å². The minimum Gasteiger partial charge on any atom is -0.456 e. The zero-order valence-electron chi connectivity index (χ0n) is 31.5. The van der Waals surface area contributed by atoms with Crippen LogP contribution in [0.4, 0.5) is 0 Å². The molecular formula is C45H28N4O. The lowest BCUT2D eigenvalue weighted by molar-refractivity contribution is 0.669. The predicted molar refractivity (Wildman–Crippen MR) is 203 cm³/mol. The van der Waals surface area contributed by atoms with Crippen molar-refractivity contribution in [3.63, 3.8) is 0 Å². The standard InChI is InChI=1S/C45H28N4O/c1-3-13-29(14-4-1)30-25-27-32(28-26-30)44-46-43(31-15-5-2-6-16-31)47-45(48-44)35-19-11-23-39-41(35)42-38(22-12-24-40(42)50-39)49-36-20-9-7-17-33(36)34-18-8-10-21-37(34)49/h1-28H/i1D,3D,4D,13D,14D. The number of benzene rings is 7. The molecule has 0 N–H and O–H groups in total. The highest BCUT2D eigenvalue weighted by molar-refractivity contribution is 6.17. The second-order valence-electron chi connectivity index (χ2n) is 12.1. The van der Waals surface area contributed by atoms with Gasteiger partial charge in [-0.25, -0.2) is 15.0 Å². The van der Waals surface area contributed by atoms with Gasteiger partial charge in [0.2, 0.25) is 0 Å². The van der Waals surface area contributed by atoms with Gasteiger partial charge in [0.25, 0.3) is 0 Å². The Bertz CT molecular complexity index is 3070. The lowest BCUT2D eigenvalue weighted by atomic mass is 10.0. The van der Waals surface area contributed by atoms with Crippen molar-refractivity contribution in [2.45, 2.75) is 0 Å². The smallest absolute Gasteiger partial charge is 0.164 e. The number of rotatable bonds is 5. The summed E-state index contributed by atoms with van der Waals surface area (Å²) >= 11 is 0. The molecule has 0 saturated heterocycles. The molecule has 0 amide bonds. The van der Waals surface area contributed by atoms with Crippen LogP contribution < -0.4 is 0 Å². The normalized spacial score (nSPS) is 13.0. The van der Waals surface area contributed by atoms with E-state index in [1.807, 2.05) is 60.7 Å². The number of nitrogens with zero attached hydrogens (tertiary/aromatic N) is 4. The largest absolute Gasteiger partial charge is 0.456 e. The second kappa shape index (κ2) is 11.4. The van der Waals surface area contributed by atoms with Crippen LogP contribution in [0.15, 0.2) is 174 Å². The van der Waals surface area contributed by atoms with Crippen LogP contribution in [0.25, 0.3) is 94.7 Å². The molecule has 0 bridgehead atoms. The van der Waals surface area contributed by atoms with Crippen molar-refractivity contribution in [3.05, 3.63) is 170 Å². The quantitative estimate of drug-likeness (QED) is 0.187. The molecule has 10 rings (SSSR count). The van der Waals surface area contributed by atoms with E-state index in [1.54, 1.807) is 24.3 Å². The monoisotopic (exact) mass is 645 g/mol. The van der Waals surface area contributed by atoms with Crippen LogP contribution in [0.2, 0.25) is 0 Å². The Hall–Kier alpha value is -6.85. The molecule has 0 saturated carbocycles. The summed E-state index contributed by atoms with van der Waals surface area (Å²) in [5.41, 5.74) is 7.48. The highest BCUT2D eigenvalue weighted by Gasteiger charge is 2.22. The molecule has 5 nitrogen and oxygen atoms in total. The van der Waals surface area contributed by atoms with Crippen LogP contribution >= 0.6 is 0 Å². The molecule has 0 atom stereocenters. The van der Waals surface area contributed by atoms with Crippen molar-refractivity contribution in [3.8, 4) is 51.0 Å². The third-order valence-corrected chi connectivity index (χ3v) is 9.16. The van der Waals surface area contributed by atoms with Crippen molar-refractivity contribution in [2.24, 2.45) is 0 Å². The Morgan fingerprint density at radius 2 is 1.00 bits per heavy atom. The van der Waals surface area contributed by atoms with Gasteiger partial charge in [0.05, 0.1) is 29.0 Å². The van der Waals surface area contributed by atoms with E-state index in [4.69, 9.17) is 26.2 Å². The lowest BCUT2D eigenvalue weighted by Gasteiger charge is -2.12. The average Bonchev–Trinajstić information content (AvgIpc) is 3.79. The van der Waals surface area contributed by atoms with Crippen LogP contribution in [-0.2, 0) is 0 Å². The maximum absolute atomic E-state index is 8.47. The number of hydrogen-bond acceptors (Lipinski definition) is 4. The first-order valence-electron chi connectivity index (χ1n) is 18.8. The fraction of sp³-hybridized carbons (Fsp3) is 0. The molecule has 7 aromatic carbocycles. The first kappa shape index (κ1) is 23.5. The molecule has 0 spiro atoms. The van der Waals surface area contributed by atoms with Gasteiger partial charge in [-0.15, -0.1) is 0 Å². The zero-order chi connectivity index (χ0) is 37.4. The van der Waals surface area contributed by atoms with Crippen LogP contribution in [-0.4, -0.2) is 19.5 Å². The first-order valence-corrected chi connectivity index (χ1v) is 16.3. The van der Waals surface area contributed by atoms with Gasteiger partial charge in [0.1, 0.15) is 11.2 Å². The number of hydrogen-bond donors (Lipinski definition) is 0. The molecule has 0 aliphatic rings. The Kier molecular flexibility index (Phi) is 5.35. The molecule has 0 fully saturated rings. The molecule has 0 radical (unpaired) electrons. The summed E-state index contributed by atoms with van der Waals surface area (Å²) in [4.78, 5) is 15.1. The van der Waals surface area contributed by atoms with Crippen molar-refractivity contribution < 1.29 is 11.3 Å². The lowest BCUT2D eigenvalue weighted by Crippen LogP contribution is -2.00. The van der Waals surface area contributed by atoms with Gasteiger partial charge in [0, 0.05) is 32.8 Å². The van der Waals surface area contributed by atoms with Crippen LogP contribution in [0.1, 0.15) is 6.85 Å². The van der Waals surface area contributed by atoms with E-state index < -0.39 is 6.04 Å². The predicted octanol–water partition coefficient (Wildman–Crippen LogP) is 11.5. The molecular weight excluding hydrogens is 613 g/mol. The molecule has 50 heavy (non-hydrogen) atoms. The maximum Gasteiger partial charge on any atom is 0.164 e. The second-order valence-corrected chi connectivity index (χ2v) is 12.1. The summed E-state index contributed by atoms with van der Waals surface area (Å²) in [6, 6.07) is 44.0.